The Labute approximate surface area is 76.0 Å². The molecule has 0 aliphatic carbocycles. The van der Waals surface area contributed by atoms with E-state index in [0.29, 0.717) is 5.56 Å². The van der Waals surface area contributed by atoms with E-state index in [9.17, 15) is 9.18 Å². The molecule has 1 atom stereocenters. The molecule has 0 saturated carbocycles. The third kappa shape index (κ3) is 2.86. The van der Waals surface area contributed by atoms with Gasteiger partial charge in [-0.3, -0.25) is 4.79 Å². The number of phenols is 1. The molecule has 2 nitrogen and oxygen atoms in total. The molecule has 70 valence electrons. The van der Waals surface area contributed by atoms with Crippen molar-refractivity contribution >= 4 is 5.78 Å². The fourth-order valence-electron chi connectivity index (χ4n) is 1.03. The lowest BCUT2D eigenvalue weighted by Gasteiger charge is -2.04. The average Bonchev–Trinajstić information content (AvgIpc) is 2.04. The van der Waals surface area contributed by atoms with E-state index in [-0.39, 0.29) is 12.2 Å². The van der Waals surface area contributed by atoms with Crippen molar-refractivity contribution in [3.63, 3.8) is 0 Å². The van der Waals surface area contributed by atoms with Crippen molar-refractivity contribution in [2.45, 2.75) is 19.5 Å². The fourth-order valence-corrected chi connectivity index (χ4v) is 1.03. The van der Waals surface area contributed by atoms with Crippen molar-refractivity contribution in [3.05, 3.63) is 29.8 Å². The highest BCUT2D eigenvalue weighted by molar-refractivity contribution is 5.80. The van der Waals surface area contributed by atoms with Crippen LogP contribution in [0.25, 0.3) is 0 Å². The number of rotatable bonds is 3. The summed E-state index contributed by atoms with van der Waals surface area (Å²) in [5, 5.41) is 9.06. The first kappa shape index (κ1) is 9.71. The molecule has 1 rings (SSSR count). The maximum Gasteiger partial charge on any atom is 0.164 e. The van der Waals surface area contributed by atoms with Crippen LogP contribution in [0.15, 0.2) is 24.3 Å². The molecule has 1 N–H and O–H groups in total. The zero-order chi connectivity index (χ0) is 9.84. The van der Waals surface area contributed by atoms with E-state index in [1.807, 2.05) is 0 Å². The van der Waals surface area contributed by atoms with Crippen LogP contribution in [0.5, 0.6) is 5.75 Å². The zero-order valence-electron chi connectivity index (χ0n) is 7.33. The lowest BCUT2D eigenvalue weighted by atomic mass is 10.1. The molecule has 0 radical (unpaired) electrons. The predicted octanol–water partition coefficient (Wildman–Crippen LogP) is 1.86. The summed E-state index contributed by atoms with van der Waals surface area (Å²) in [5.74, 6) is -0.392. The number of halogens is 1. The monoisotopic (exact) mass is 182 g/mol. The van der Waals surface area contributed by atoms with Gasteiger partial charge in [-0.2, -0.15) is 0 Å². The molecule has 0 heterocycles. The van der Waals surface area contributed by atoms with Crippen molar-refractivity contribution in [1.29, 1.82) is 0 Å². The number of carbonyl (C=O) groups excluding carboxylic acids is 1. The Morgan fingerprint density at radius 3 is 2.85 bits per heavy atom. The molecular weight excluding hydrogens is 171 g/mol. The summed E-state index contributed by atoms with van der Waals surface area (Å²) in [5.41, 5.74) is 0.628. The van der Waals surface area contributed by atoms with Gasteiger partial charge in [0.1, 0.15) is 5.75 Å². The van der Waals surface area contributed by atoms with Crippen LogP contribution in [0.3, 0.4) is 0 Å². The number of Topliss-reactive ketones (excluding diaryl/α,β-unsaturated/α-hetero) is 1. The lowest BCUT2D eigenvalue weighted by Crippen LogP contribution is -2.14. The van der Waals surface area contributed by atoms with Crippen LogP contribution < -0.4 is 0 Å². The summed E-state index contributed by atoms with van der Waals surface area (Å²) in [6.45, 7) is 1.22. The van der Waals surface area contributed by atoms with Gasteiger partial charge in [0, 0.05) is 6.42 Å². The molecule has 0 aliphatic heterocycles. The van der Waals surface area contributed by atoms with Crippen LogP contribution in [-0.4, -0.2) is 17.1 Å². The quantitative estimate of drug-likeness (QED) is 0.774. The summed E-state index contributed by atoms with van der Waals surface area (Å²) in [7, 11) is 0. The van der Waals surface area contributed by atoms with Crippen LogP contribution in [0, 0.1) is 0 Å². The van der Waals surface area contributed by atoms with E-state index in [1.54, 1.807) is 12.1 Å². The van der Waals surface area contributed by atoms with Gasteiger partial charge in [-0.15, -0.1) is 0 Å². The molecule has 0 bridgehead atoms. The van der Waals surface area contributed by atoms with Crippen molar-refractivity contribution in [1.82, 2.24) is 0 Å². The minimum Gasteiger partial charge on any atom is -0.508 e. The molecule has 13 heavy (non-hydrogen) atoms. The minimum absolute atomic E-state index is 0.0315. The van der Waals surface area contributed by atoms with E-state index >= 15 is 0 Å². The summed E-state index contributed by atoms with van der Waals surface area (Å²) < 4.78 is 12.9. The largest absolute Gasteiger partial charge is 0.508 e. The Kier molecular flexibility index (Phi) is 3.01. The summed E-state index contributed by atoms with van der Waals surface area (Å²) >= 11 is 0. The van der Waals surface area contributed by atoms with E-state index in [4.69, 9.17) is 5.11 Å². The van der Waals surface area contributed by atoms with Gasteiger partial charge in [0.25, 0.3) is 0 Å². The van der Waals surface area contributed by atoms with Crippen molar-refractivity contribution < 1.29 is 14.3 Å². The highest BCUT2D eigenvalue weighted by Crippen LogP contribution is 2.13. The van der Waals surface area contributed by atoms with Crippen molar-refractivity contribution in [3.8, 4) is 5.75 Å². The Balaban J connectivity index is 2.69. The van der Waals surface area contributed by atoms with Gasteiger partial charge in [0.05, 0.1) is 0 Å². The van der Waals surface area contributed by atoms with Gasteiger partial charge in [0.15, 0.2) is 12.0 Å². The highest BCUT2D eigenvalue weighted by Gasteiger charge is 2.12. The highest BCUT2D eigenvalue weighted by atomic mass is 19.1. The van der Waals surface area contributed by atoms with E-state index in [1.165, 1.54) is 19.1 Å². The molecule has 3 heteroatoms. The number of alkyl halides is 1. The van der Waals surface area contributed by atoms with Gasteiger partial charge in [-0.05, 0) is 24.6 Å². The zero-order valence-corrected chi connectivity index (χ0v) is 7.33. The van der Waals surface area contributed by atoms with Crippen LogP contribution in [0.2, 0.25) is 0 Å². The number of aromatic hydroxyl groups is 1. The standard InChI is InChI=1S/C10H11FO2/c1-7(12)10(11)6-8-3-2-4-9(13)5-8/h2-5,10,13H,6H2,1H3. The Bertz CT molecular complexity index is 310. The van der Waals surface area contributed by atoms with E-state index in [2.05, 4.69) is 0 Å². The second kappa shape index (κ2) is 4.03. The molecular formula is C10H11FO2. The molecule has 0 aromatic heterocycles. The summed E-state index contributed by atoms with van der Waals surface area (Å²) in [6.07, 6.45) is -1.44. The second-order valence-electron chi connectivity index (χ2n) is 2.95. The average molecular weight is 182 g/mol. The molecule has 1 aromatic carbocycles. The Morgan fingerprint density at radius 2 is 2.31 bits per heavy atom. The molecule has 1 aromatic rings. The fraction of sp³-hybridized carbons (Fsp3) is 0.300. The first-order valence-corrected chi connectivity index (χ1v) is 4.02. The second-order valence-corrected chi connectivity index (χ2v) is 2.95. The SMILES string of the molecule is CC(=O)C(F)Cc1cccc(O)c1. The van der Waals surface area contributed by atoms with Gasteiger partial charge < -0.3 is 5.11 Å². The molecule has 0 fully saturated rings. The van der Waals surface area contributed by atoms with Gasteiger partial charge in [0.2, 0.25) is 0 Å². The number of benzene rings is 1. The number of phenolic OH excluding ortho intramolecular Hbond substituents is 1. The third-order valence-corrected chi connectivity index (χ3v) is 1.77. The lowest BCUT2D eigenvalue weighted by molar-refractivity contribution is -0.121. The maximum atomic E-state index is 12.9. The molecule has 1 unspecified atom stereocenters. The van der Waals surface area contributed by atoms with Crippen LogP contribution in [-0.2, 0) is 11.2 Å². The molecule has 0 aliphatic rings. The van der Waals surface area contributed by atoms with Crippen LogP contribution >= 0.6 is 0 Å². The predicted molar refractivity (Wildman–Crippen MR) is 47.4 cm³/mol. The smallest absolute Gasteiger partial charge is 0.164 e. The van der Waals surface area contributed by atoms with Crippen LogP contribution in [0.4, 0.5) is 4.39 Å². The molecule has 0 spiro atoms. The Morgan fingerprint density at radius 1 is 1.62 bits per heavy atom. The van der Waals surface area contributed by atoms with Gasteiger partial charge in [-0.1, -0.05) is 12.1 Å². The molecule has 0 amide bonds. The molecule has 0 saturated heterocycles. The summed E-state index contributed by atoms with van der Waals surface area (Å²) in [6, 6.07) is 6.26. The normalized spacial score (nSPS) is 12.5. The topological polar surface area (TPSA) is 37.3 Å². The number of hydrogen-bond donors (Lipinski definition) is 1. The van der Waals surface area contributed by atoms with E-state index < -0.39 is 12.0 Å². The first-order valence-electron chi connectivity index (χ1n) is 4.02. The maximum absolute atomic E-state index is 12.9. The Hall–Kier alpha value is -1.38. The van der Waals surface area contributed by atoms with E-state index in [0.717, 1.165) is 0 Å². The summed E-state index contributed by atoms with van der Waals surface area (Å²) in [4.78, 5) is 10.6. The van der Waals surface area contributed by atoms with Crippen molar-refractivity contribution in [2.75, 3.05) is 0 Å². The number of carbonyl (C=O) groups is 1. The van der Waals surface area contributed by atoms with Gasteiger partial charge >= 0.3 is 0 Å². The minimum atomic E-state index is -1.47. The number of ketones is 1. The number of hydrogen-bond acceptors (Lipinski definition) is 2. The van der Waals surface area contributed by atoms with Crippen molar-refractivity contribution in [2.24, 2.45) is 0 Å². The van der Waals surface area contributed by atoms with Crippen LogP contribution in [0.1, 0.15) is 12.5 Å². The van der Waals surface area contributed by atoms with Gasteiger partial charge in [-0.25, -0.2) is 4.39 Å². The first-order chi connectivity index (χ1) is 6.09. The third-order valence-electron chi connectivity index (χ3n) is 1.77.